The molecule has 1 atom stereocenters. The molecule has 3 rings (SSSR count). The SMILES string of the molecule is CCCCC(NC(=O)c1ccccc1N)(C(=O)O)N(CC(=O)O)Cc1cc(OCC)cc(-c2cccc(CN(CC(=O)O)CC(=O)O)n2)n1. The van der Waals surface area contributed by atoms with Crippen LogP contribution in [0.25, 0.3) is 11.4 Å². The molecular weight excluding hydrogens is 640 g/mol. The normalized spacial score (nSPS) is 12.3. The third-order valence-corrected chi connectivity index (χ3v) is 7.33. The molecule has 3 aromatic rings. The molecule has 0 spiro atoms. The number of nitrogens with one attached hydrogen (secondary N) is 1. The second kappa shape index (κ2) is 17.5. The third-order valence-electron chi connectivity index (χ3n) is 7.33. The van der Waals surface area contributed by atoms with Crippen molar-refractivity contribution >= 4 is 35.5 Å². The maximum atomic E-state index is 13.5. The highest BCUT2D eigenvalue weighted by Crippen LogP contribution is 2.28. The Labute approximate surface area is 282 Å². The van der Waals surface area contributed by atoms with Gasteiger partial charge in [-0.1, -0.05) is 31.5 Å². The number of aromatic nitrogens is 2. The van der Waals surface area contributed by atoms with Crippen molar-refractivity contribution in [3.8, 4) is 17.1 Å². The fourth-order valence-electron chi connectivity index (χ4n) is 5.18. The molecule has 0 radical (unpaired) electrons. The summed E-state index contributed by atoms with van der Waals surface area (Å²) in [6.07, 6.45) is 0.720. The van der Waals surface area contributed by atoms with E-state index >= 15 is 0 Å². The molecule has 0 saturated carbocycles. The van der Waals surface area contributed by atoms with Crippen LogP contribution in [0.5, 0.6) is 5.75 Å². The predicted octanol–water partition coefficient (Wildman–Crippen LogP) is 2.38. The van der Waals surface area contributed by atoms with Gasteiger partial charge in [0.1, 0.15) is 5.75 Å². The first-order valence-electron chi connectivity index (χ1n) is 15.4. The molecular formula is C33H40N6O10. The smallest absolute Gasteiger partial charge is 0.344 e. The lowest BCUT2D eigenvalue weighted by molar-refractivity contribution is -0.158. The van der Waals surface area contributed by atoms with Gasteiger partial charge in [0, 0.05) is 30.9 Å². The number of rotatable bonds is 20. The summed E-state index contributed by atoms with van der Waals surface area (Å²) in [5, 5.41) is 41.6. The van der Waals surface area contributed by atoms with Crippen LogP contribution < -0.4 is 15.8 Å². The molecule has 262 valence electrons. The number of nitrogens with zero attached hydrogens (tertiary/aromatic N) is 4. The molecule has 0 aliphatic rings. The maximum Gasteiger partial charge on any atom is 0.344 e. The number of aliphatic carboxylic acids is 4. The Morgan fingerprint density at radius 1 is 0.816 bits per heavy atom. The largest absolute Gasteiger partial charge is 0.494 e. The van der Waals surface area contributed by atoms with Crippen LogP contribution in [0.2, 0.25) is 0 Å². The molecule has 16 nitrogen and oxygen atoms in total. The maximum absolute atomic E-state index is 13.5. The van der Waals surface area contributed by atoms with Crippen molar-refractivity contribution in [2.75, 3.05) is 32.0 Å². The van der Waals surface area contributed by atoms with Gasteiger partial charge < -0.3 is 36.2 Å². The van der Waals surface area contributed by atoms with E-state index in [-0.39, 0.29) is 48.8 Å². The van der Waals surface area contributed by atoms with Gasteiger partial charge in [0.15, 0.2) is 5.66 Å². The molecule has 0 saturated heterocycles. The first-order valence-corrected chi connectivity index (χ1v) is 15.4. The van der Waals surface area contributed by atoms with Crippen molar-refractivity contribution < 1.29 is 49.1 Å². The number of ether oxygens (including phenoxy) is 1. The molecule has 2 heterocycles. The van der Waals surface area contributed by atoms with Crippen LogP contribution in [-0.4, -0.2) is 102 Å². The Kier molecular flexibility index (Phi) is 13.5. The second-order valence-corrected chi connectivity index (χ2v) is 11.1. The fraction of sp³-hybridized carbons (Fsp3) is 0.364. The number of nitrogens with two attached hydrogens (primary N) is 1. The van der Waals surface area contributed by atoms with Crippen LogP contribution in [-0.2, 0) is 32.3 Å². The van der Waals surface area contributed by atoms with Crippen molar-refractivity contribution in [3.05, 3.63) is 71.5 Å². The van der Waals surface area contributed by atoms with Crippen LogP contribution >= 0.6 is 0 Å². The van der Waals surface area contributed by atoms with Gasteiger partial charge >= 0.3 is 23.9 Å². The van der Waals surface area contributed by atoms with Gasteiger partial charge in [-0.2, -0.15) is 0 Å². The van der Waals surface area contributed by atoms with Crippen molar-refractivity contribution in [1.82, 2.24) is 25.1 Å². The number of para-hydroxylation sites is 1. The number of nitrogen functional groups attached to an aromatic ring is 1. The molecule has 0 bridgehead atoms. The van der Waals surface area contributed by atoms with Crippen LogP contribution in [0.1, 0.15) is 54.9 Å². The molecule has 1 unspecified atom stereocenters. The van der Waals surface area contributed by atoms with E-state index in [1.807, 2.05) is 6.92 Å². The van der Waals surface area contributed by atoms with Crippen molar-refractivity contribution in [2.45, 2.75) is 51.9 Å². The molecule has 7 N–H and O–H groups in total. The van der Waals surface area contributed by atoms with Gasteiger partial charge in [0.2, 0.25) is 0 Å². The average Bonchev–Trinajstić information content (AvgIpc) is 3.02. The van der Waals surface area contributed by atoms with Gasteiger partial charge in [-0.15, -0.1) is 0 Å². The molecule has 0 aliphatic carbocycles. The van der Waals surface area contributed by atoms with Gasteiger partial charge in [-0.05, 0) is 44.0 Å². The monoisotopic (exact) mass is 680 g/mol. The lowest BCUT2D eigenvalue weighted by Crippen LogP contribution is -2.66. The van der Waals surface area contributed by atoms with Crippen LogP contribution in [0, 0.1) is 0 Å². The fourth-order valence-corrected chi connectivity index (χ4v) is 5.18. The topological polar surface area (TPSA) is 246 Å². The quantitative estimate of drug-likeness (QED) is 0.0741. The van der Waals surface area contributed by atoms with E-state index in [2.05, 4.69) is 15.3 Å². The minimum Gasteiger partial charge on any atom is -0.494 e. The first-order chi connectivity index (χ1) is 23.3. The molecule has 16 heteroatoms. The summed E-state index contributed by atoms with van der Waals surface area (Å²) in [4.78, 5) is 72.8. The van der Waals surface area contributed by atoms with Crippen molar-refractivity contribution in [2.24, 2.45) is 0 Å². The minimum absolute atomic E-state index is 0.0230. The van der Waals surface area contributed by atoms with Gasteiger partial charge in [-0.3, -0.25) is 29.0 Å². The summed E-state index contributed by atoms with van der Waals surface area (Å²) in [5.74, 6) is -5.73. The number of anilines is 1. The predicted molar refractivity (Wildman–Crippen MR) is 175 cm³/mol. The zero-order valence-electron chi connectivity index (χ0n) is 27.2. The number of carbonyl (C=O) groups is 5. The average molecular weight is 681 g/mol. The Balaban J connectivity index is 2.09. The van der Waals surface area contributed by atoms with Crippen molar-refractivity contribution in [1.29, 1.82) is 0 Å². The number of carbonyl (C=O) groups excluding carboxylic acids is 1. The summed E-state index contributed by atoms with van der Waals surface area (Å²) in [6.45, 7) is 1.53. The number of hydrogen-bond donors (Lipinski definition) is 6. The third kappa shape index (κ3) is 10.7. The zero-order chi connectivity index (χ0) is 36.1. The van der Waals surface area contributed by atoms with E-state index in [4.69, 9.17) is 10.5 Å². The van der Waals surface area contributed by atoms with E-state index in [0.717, 1.165) is 4.90 Å². The number of carboxylic acid groups (broad SMARTS) is 4. The van der Waals surface area contributed by atoms with Crippen LogP contribution in [0.4, 0.5) is 5.69 Å². The Morgan fingerprint density at radius 2 is 1.47 bits per heavy atom. The first kappa shape index (κ1) is 37.8. The highest BCUT2D eigenvalue weighted by Gasteiger charge is 2.46. The number of benzene rings is 1. The summed E-state index contributed by atoms with van der Waals surface area (Å²) >= 11 is 0. The lowest BCUT2D eigenvalue weighted by atomic mass is 9.98. The Hall–Kier alpha value is -5.61. The van der Waals surface area contributed by atoms with E-state index in [9.17, 15) is 44.4 Å². The second-order valence-electron chi connectivity index (χ2n) is 11.1. The summed E-state index contributed by atoms with van der Waals surface area (Å²) in [6, 6.07) is 14.1. The molecule has 0 aliphatic heterocycles. The van der Waals surface area contributed by atoms with Crippen LogP contribution in [0.3, 0.4) is 0 Å². The van der Waals surface area contributed by atoms with E-state index in [1.54, 1.807) is 43.3 Å². The molecule has 49 heavy (non-hydrogen) atoms. The highest BCUT2D eigenvalue weighted by atomic mass is 16.5. The minimum atomic E-state index is -2.19. The Morgan fingerprint density at radius 3 is 2.06 bits per heavy atom. The van der Waals surface area contributed by atoms with Gasteiger partial charge in [0.25, 0.3) is 5.91 Å². The Bertz CT molecular complexity index is 1650. The number of carboxylic acids is 4. The van der Waals surface area contributed by atoms with Gasteiger partial charge in [0.05, 0.1) is 54.6 Å². The summed E-state index contributed by atoms with van der Waals surface area (Å²) < 4.78 is 5.75. The number of pyridine rings is 2. The zero-order valence-corrected chi connectivity index (χ0v) is 27.2. The lowest BCUT2D eigenvalue weighted by Gasteiger charge is -2.40. The number of amides is 1. The van der Waals surface area contributed by atoms with E-state index in [0.29, 0.717) is 30.0 Å². The molecule has 1 aromatic carbocycles. The molecule has 1 amide bonds. The van der Waals surface area contributed by atoms with Crippen LogP contribution in [0.15, 0.2) is 54.6 Å². The van der Waals surface area contributed by atoms with E-state index < -0.39 is 55.1 Å². The standard InChI is InChI=1S/C33H40N6O10/c1-3-5-13-33(32(47)48,37-31(46)24-10-6-7-11-25(24)34)39(20-30(44)45)17-22-14-23(49-4-2)15-27(36-22)26-12-8-9-21(35-26)16-38(18-28(40)41)19-29(42)43/h6-12,14-15H,3-5,13,16-20,34H2,1-2H3,(H,37,46)(H,40,41)(H,42,43)(H,44,45)(H,47,48). The van der Waals surface area contributed by atoms with Gasteiger partial charge in [-0.25, -0.2) is 14.8 Å². The highest BCUT2D eigenvalue weighted by molar-refractivity contribution is 6.01. The number of unbranched alkanes of at least 4 members (excludes halogenated alkanes) is 1. The van der Waals surface area contributed by atoms with E-state index in [1.165, 1.54) is 23.1 Å². The summed E-state index contributed by atoms with van der Waals surface area (Å²) in [5.41, 5.74) is 5.05. The molecule has 2 aromatic heterocycles. The number of hydrogen-bond acceptors (Lipinski definition) is 11. The molecule has 0 fully saturated rings. The van der Waals surface area contributed by atoms with Crippen molar-refractivity contribution in [3.63, 3.8) is 0 Å². The summed E-state index contributed by atoms with van der Waals surface area (Å²) in [7, 11) is 0.